The van der Waals surface area contributed by atoms with Crippen LogP contribution in [-0.4, -0.2) is 16.9 Å². The fourth-order valence-electron chi connectivity index (χ4n) is 1.21. The lowest BCUT2D eigenvalue weighted by atomic mass is 10.2. The Morgan fingerprint density at radius 3 is 2.88 bits per heavy atom. The van der Waals surface area contributed by atoms with Crippen LogP contribution < -0.4 is 11.1 Å². The van der Waals surface area contributed by atoms with Crippen LogP contribution in [0.1, 0.15) is 13.8 Å². The van der Waals surface area contributed by atoms with Crippen LogP contribution in [-0.2, 0) is 4.79 Å². The lowest BCUT2D eigenvalue weighted by molar-refractivity contribution is -0.115. The molecular weight excluding hydrogens is 227 g/mol. The number of benzene rings is 1. The van der Waals surface area contributed by atoms with Gasteiger partial charge in [0.15, 0.2) is 0 Å². The molecule has 0 fully saturated rings. The lowest BCUT2D eigenvalue weighted by Gasteiger charge is -2.12. The molecule has 3 N–H and O–H groups in total. The van der Waals surface area contributed by atoms with Crippen molar-refractivity contribution in [2.24, 2.45) is 0 Å². The number of rotatable bonds is 4. The predicted octanol–water partition coefficient (Wildman–Crippen LogP) is 2.49. The number of hydrogen-bond donors (Lipinski definition) is 2. The van der Waals surface area contributed by atoms with Crippen molar-refractivity contribution < 1.29 is 9.18 Å². The van der Waals surface area contributed by atoms with Crippen LogP contribution >= 0.6 is 11.8 Å². The van der Waals surface area contributed by atoms with E-state index in [9.17, 15) is 9.18 Å². The molecule has 1 amide bonds. The monoisotopic (exact) mass is 242 g/mol. The van der Waals surface area contributed by atoms with E-state index < -0.39 is 5.82 Å². The van der Waals surface area contributed by atoms with Gasteiger partial charge in [-0.25, -0.2) is 4.39 Å². The van der Waals surface area contributed by atoms with Gasteiger partial charge in [0, 0.05) is 0 Å². The van der Waals surface area contributed by atoms with Gasteiger partial charge in [0.2, 0.25) is 5.91 Å². The fourth-order valence-corrected chi connectivity index (χ4v) is 1.92. The van der Waals surface area contributed by atoms with Crippen LogP contribution in [0.5, 0.6) is 0 Å². The Morgan fingerprint density at radius 2 is 2.31 bits per heavy atom. The van der Waals surface area contributed by atoms with E-state index in [0.717, 1.165) is 5.75 Å². The molecule has 1 atom stereocenters. The van der Waals surface area contributed by atoms with Gasteiger partial charge in [0.1, 0.15) is 5.82 Å². The number of halogens is 1. The quantitative estimate of drug-likeness (QED) is 0.797. The maximum Gasteiger partial charge on any atom is 0.237 e. The van der Waals surface area contributed by atoms with E-state index in [1.54, 1.807) is 11.8 Å². The molecule has 0 saturated heterocycles. The van der Waals surface area contributed by atoms with Crippen molar-refractivity contribution in [1.29, 1.82) is 0 Å². The Morgan fingerprint density at radius 1 is 1.62 bits per heavy atom. The highest BCUT2D eigenvalue weighted by molar-refractivity contribution is 8.00. The topological polar surface area (TPSA) is 55.1 Å². The van der Waals surface area contributed by atoms with Gasteiger partial charge < -0.3 is 11.1 Å². The molecule has 3 nitrogen and oxygen atoms in total. The molecule has 1 aromatic carbocycles. The molecule has 0 bridgehead atoms. The van der Waals surface area contributed by atoms with E-state index >= 15 is 0 Å². The number of nitrogen functional groups attached to an aromatic ring is 1. The molecule has 5 heteroatoms. The Balaban J connectivity index is 2.69. The minimum atomic E-state index is -0.411. The van der Waals surface area contributed by atoms with Crippen LogP contribution in [0.25, 0.3) is 0 Å². The second kappa shape index (κ2) is 5.75. The smallest absolute Gasteiger partial charge is 0.237 e. The summed E-state index contributed by atoms with van der Waals surface area (Å²) in [6.07, 6.45) is 0. The normalized spacial score (nSPS) is 12.2. The number of carbonyl (C=O) groups excluding carboxylic acids is 1. The Kier molecular flexibility index (Phi) is 4.61. The molecular formula is C11H15FN2OS. The first kappa shape index (κ1) is 12.8. The van der Waals surface area contributed by atoms with Crippen LogP contribution in [0.15, 0.2) is 18.2 Å². The number of nitrogens with one attached hydrogen (secondary N) is 1. The molecule has 1 rings (SSSR count). The van der Waals surface area contributed by atoms with Crippen molar-refractivity contribution in [3.05, 3.63) is 24.0 Å². The first-order valence-corrected chi connectivity index (χ1v) is 6.07. The van der Waals surface area contributed by atoms with Crippen molar-refractivity contribution in [2.45, 2.75) is 19.1 Å². The van der Waals surface area contributed by atoms with Gasteiger partial charge in [-0.15, -0.1) is 11.8 Å². The summed E-state index contributed by atoms with van der Waals surface area (Å²) in [5, 5.41) is 2.53. The SMILES string of the molecule is CCSC(C)C(=O)Nc1ccc(F)cc1N. The summed E-state index contributed by atoms with van der Waals surface area (Å²) in [5.74, 6) is 0.338. The number of anilines is 2. The third kappa shape index (κ3) is 3.41. The predicted molar refractivity (Wildman–Crippen MR) is 67.0 cm³/mol. The van der Waals surface area contributed by atoms with E-state index in [4.69, 9.17) is 5.73 Å². The highest BCUT2D eigenvalue weighted by atomic mass is 32.2. The second-order valence-electron chi connectivity index (χ2n) is 3.32. The maximum atomic E-state index is 12.8. The zero-order valence-corrected chi connectivity index (χ0v) is 10.1. The summed E-state index contributed by atoms with van der Waals surface area (Å²) in [4.78, 5) is 11.7. The van der Waals surface area contributed by atoms with Crippen LogP contribution in [0.2, 0.25) is 0 Å². The molecule has 0 radical (unpaired) electrons. The van der Waals surface area contributed by atoms with Crippen molar-refractivity contribution in [1.82, 2.24) is 0 Å². The zero-order chi connectivity index (χ0) is 12.1. The fraction of sp³-hybridized carbons (Fsp3) is 0.364. The summed E-state index contributed by atoms with van der Waals surface area (Å²) in [7, 11) is 0. The highest BCUT2D eigenvalue weighted by Crippen LogP contribution is 2.20. The molecule has 0 aliphatic carbocycles. The van der Waals surface area contributed by atoms with Crippen LogP contribution in [0.3, 0.4) is 0 Å². The van der Waals surface area contributed by atoms with E-state index in [0.29, 0.717) is 5.69 Å². The van der Waals surface area contributed by atoms with Gasteiger partial charge in [0.25, 0.3) is 0 Å². The minimum Gasteiger partial charge on any atom is -0.397 e. The molecule has 0 aromatic heterocycles. The van der Waals surface area contributed by atoms with Gasteiger partial charge in [-0.1, -0.05) is 6.92 Å². The van der Waals surface area contributed by atoms with Gasteiger partial charge in [0.05, 0.1) is 16.6 Å². The molecule has 0 heterocycles. The first-order valence-electron chi connectivity index (χ1n) is 5.02. The summed E-state index contributed by atoms with van der Waals surface area (Å²) in [5.41, 5.74) is 6.27. The Labute approximate surface area is 98.6 Å². The molecule has 0 saturated carbocycles. The highest BCUT2D eigenvalue weighted by Gasteiger charge is 2.13. The van der Waals surface area contributed by atoms with E-state index in [1.165, 1.54) is 18.2 Å². The molecule has 16 heavy (non-hydrogen) atoms. The van der Waals surface area contributed by atoms with Crippen molar-refractivity contribution in [3.63, 3.8) is 0 Å². The molecule has 88 valence electrons. The molecule has 1 unspecified atom stereocenters. The number of carbonyl (C=O) groups is 1. The zero-order valence-electron chi connectivity index (χ0n) is 9.29. The summed E-state index contributed by atoms with van der Waals surface area (Å²) >= 11 is 1.54. The maximum absolute atomic E-state index is 12.8. The summed E-state index contributed by atoms with van der Waals surface area (Å²) < 4.78 is 12.8. The van der Waals surface area contributed by atoms with Gasteiger partial charge >= 0.3 is 0 Å². The average Bonchev–Trinajstić information content (AvgIpc) is 2.22. The van der Waals surface area contributed by atoms with E-state index in [2.05, 4.69) is 5.32 Å². The third-order valence-corrected chi connectivity index (χ3v) is 3.10. The number of amides is 1. The third-order valence-electron chi connectivity index (χ3n) is 2.06. The Hall–Kier alpha value is -1.23. The average molecular weight is 242 g/mol. The van der Waals surface area contributed by atoms with Gasteiger partial charge in [-0.2, -0.15) is 0 Å². The summed E-state index contributed by atoms with van der Waals surface area (Å²) in [6, 6.07) is 3.92. The van der Waals surface area contributed by atoms with Gasteiger partial charge in [-0.3, -0.25) is 4.79 Å². The number of thioether (sulfide) groups is 1. The van der Waals surface area contributed by atoms with Crippen LogP contribution in [0, 0.1) is 5.82 Å². The lowest BCUT2D eigenvalue weighted by Crippen LogP contribution is -2.23. The summed E-state index contributed by atoms with van der Waals surface area (Å²) in [6.45, 7) is 3.81. The van der Waals surface area contributed by atoms with E-state index in [1.807, 2.05) is 13.8 Å². The molecule has 0 aliphatic heterocycles. The van der Waals surface area contributed by atoms with Crippen LogP contribution in [0.4, 0.5) is 15.8 Å². The minimum absolute atomic E-state index is 0.120. The van der Waals surface area contributed by atoms with E-state index in [-0.39, 0.29) is 16.8 Å². The van der Waals surface area contributed by atoms with Crippen molar-refractivity contribution in [3.8, 4) is 0 Å². The molecule has 0 aliphatic rings. The second-order valence-corrected chi connectivity index (χ2v) is 4.94. The first-order chi connectivity index (χ1) is 7.54. The van der Waals surface area contributed by atoms with Gasteiger partial charge in [-0.05, 0) is 30.9 Å². The Bertz CT molecular complexity index is 384. The molecule has 1 aromatic rings. The van der Waals surface area contributed by atoms with Crippen molar-refractivity contribution in [2.75, 3.05) is 16.8 Å². The largest absolute Gasteiger partial charge is 0.397 e. The standard InChI is InChI=1S/C11H15FN2OS/c1-3-16-7(2)11(15)14-10-5-4-8(12)6-9(10)13/h4-7H,3,13H2,1-2H3,(H,14,15). The number of nitrogens with two attached hydrogens (primary N) is 1. The van der Waals surface area contributed by atoms with Crippen molar-refractivity contribution >= 4 is 29.0 Å². The molecule has 0 spiro atoms. The number of hydrogen-bond acceptors (Lipinski definition) is 3.